The highest BCUT2D eigenvalue weighted by atomic mass is 16.1. The molecule has 2 atom stereocenters. The second-order valence-corrected chi connectivity index (χ2v) is 3.04. The Morgan fingerprint density at radius 1 is 1.38 bits per heavy atom. The largest absolute Gasteiger partial charge is 0.303 e. The smallest absolute Gasteiger partial charge is 0.123 e. The van der Waals surface area contributed by atoms with E-state index in [2.05, 4.69) is 0 Å². The van der Waals surface area contributed by atoms with E-state index < -0.39 is 0 Å². The van der Waals surface area contributed by atoms with Gasteiger partial charge in [-0.3, -0.25) is 0 Å². The highest BCUT2D eigenvalue weighted by Gasteiger charge is 2.46. The molecule has 0 radical (unpaired) electrons. The average Bonchev–Trinajstić information content (AvgIpc) is 2.62. The Morgan fingerprint density at radius 3 is 2.50 bits per heavy atom. The van der Waals surface area contributed by atoms with Crippen molar-refractivity contribution >= 4 is 6.29 Å². The molecule has 0 amide bonds. The lowest BCUT2D eigenvalue weighted by Gasteiger charge is -1.82. The Kier molecular flexibility index (Phi) is 0.758. The third-order valence-electron chi connectivity index (χ3n) is 2.29. The van der Waals surface area contributed by atoms with Crippen LogP contribution in [-0.4, -0.2) is 6.29 Å². The van der Waals surface area contributed by atoms with Crippen LogP contribution in [0, 0.1) is 17.8 Å². The van der Waals surface area contributed by atoms with Crippen LogP contribution in [0.15, 0.2) is 0 Å². The predicted molar refractivity (Wildman–Crippen MR) is 30.4 cm³/mol. The molecule has 0 heterocycles. The van der Waals surface area contributed by atoms with Gasteiger partial charge in [0.15, 0.2) is 0 Å². The van der Waals surface area contributed by atoms with Crippen molar-refractivity contribution in [2.75, 3.05) is 0 Å². The Morgan fingerprint density at radius 2 is 2.12 bits per heavy atom. The number of hydrogen-bond acceptors (Lipinski definition) is 1. The van der Waals surface area contributed by atoms with Gasteiger partial charge in [-0.25, -0.2) is 0 Å². The summed E-state index contributed by atoms with van der Waals surface area (Å²) in [5, 5.41) is 0. The summed E-state index contributed by atoms with van der Waals surface area (Å²) >= 11 is 0. The van der Waals surface area contributed by atoms with Crippen LogP contribution in [0.25, 0.3) is 0 Å². The van der Waals surface area contributed by atoms with Crippen molar-refractivity contribution in [3.05, 3.63) is 0 Å². The highest BCUT2D eigenvalue weighted by Crippen LogP contribution is 2.53. The summed E-state index contributed by atoms with van der Waals surface area (Å²) in [5.74, 6) is 2.26. The molecule has 2 aliphatic carbocycles. The predicted octanol–water partition coefficient (Wildman–Crippen LogP) is 1.23. The van der Waals surface area contributed by atoms with E-state index in [9.17, 15) is 4.79 Å². The molecule has 0 aromatic carbocycles. The van der Waals surface area contributed by atoms with Gasteiger partial charge in [-0.05, 0) is 31.1 Å². The number of carbonyl (C=O) groups excluding carboxylic acids is 1. The van der Waals surface area contributed by atoms with E-state index >= 15 is 0 Å². The molecule has 2 rings (SSSR count). The van der Waals surface area contributed by atoms with E-state index in [0.717, 1.165) is 18.1 Å². The zero-order valence-corrected chi connectivity index (χ0v) is 4.84. The summed E-state index contributed by atoms with van der Waals surface area (Å²) in [5.41, 5.74) is 0. The summed E-state index contributed by atoms with van der Waals surface area (Å²) < 4.78 is 0. The quantitative estimate of drug-likeness (QED) is 0.489. The molecule has 0 aliphatic heterocycles. The fourth-order valence-electron chi connectivity index (χ4n) is 1.46. The van der Waals surface area contributed by atoms with Gasteiger partial charge >= 0.3 is 0 Å². The molecule has 0 bridgehead atoms. The maximum absolute atomic E-state index is 10.1. The second kappa shape index (κ2) is 1.34. The minimum Gasteiger partial charge on any atom is -0.303 e. The highest BCUT2D eigenvalue weighted by molar-refractivity contribution is 5.58. The van der Waals surface area contributed by atoms with Crippen molar-refractivity contribution < 1.29 is 4.79 Å². The molecule has 2 fully saturated rings. The van der Waals surface area contributed by atoms with Gasteiger partial charge in [0.1, 0.15) is 6.29 Å². The Labute approximate surface area is 49.1 Å². The molecular formula is C7H10O. The van der Waals surface area contributed by atoms with Gasteiger partial charge in [0.05, 0.1) is 0 Å². The average molecular weight is 110 g/mol. The van der Waals surface area contributed by atoms with Crippen LogP contribution in [0.2, 0.25) is 0 Å². The topological polar surface area (TPSA) is 17.1 Å². The van der Waals surface area contributed by atoms with Crippen LogP contribution in [0.4, 0.5) is 0 Å². The number of aldehydes is 1. The van der Waals surface area contributed by atoms with Crippen molar-refractivity contribution in [2.45, 2.75) is 19.3 Å². The zero-order chi connectivity index (χ0) is 5.56. The fourth-order valence-corrected chi connectivity index (χ4v) is 1.46. The molecule has 0 aromatic rings. The number of hydrogen-bond donors (Lipinski definition) is 0. The van der Waals surface area contributed by atoms with Crippen LogP contribution >= 0.6 is 0 Å². The maximum atomic E-state index is 10.1. The first-order valence-electron chi connectivity index (χ1n) is 3.37. The van der Waals surface area contributed by atoms with Gasteiger partial charge in [-0.2, -0.15) is 0 Å². The molecule has 44 valence electrons. The third-order valence-corrected chi connectivity index (χ3v) is 2.29. The molecule has 0 spiro atoms. The summed E-state index contributed by atoms with van der Waals surface area (Å²) in [4.78, 5) is 10.1. The van der Waals surface area contributed by atoms with E-state index in [4.69, 9.17) is 0 Å². The van der Waals surface area contributed by atoms with Gasteiger partial charge in [-0.1, -0.05) is 0 Å². The molecule has 2 saturated carbocycles. The SMILES string of the molecule is O=C[C@@H]1C[C@H]1C1CC1. The normalized spacial score (nSPS) is 44.0. The molecule has 0 saturated heterocycles. The minimum absolute atomic E-state index is 0.475. The summed E-state index contributed by atoms with van der Waals surface area (Å²) in [6.45, 7) is 0. The molecule has 1 nitrogen and oxygen atoms in total. The van der Waals surface area contributed by atoms with Crippen molar-refractivity contribution in [2.24, 2.45) is 17.8 Å². The van der Waals surface area contributed by atoms with E-state index in [1.165, 1.54) is 19.3 Å². The van der Waals surface area contributed by atoms with E-state index in [1.54, 1.807) is 0 Å². The first-order valence-corrected chi connectivity index (χ1v) is 3.37. The summed E-state index contributed by atoms with van der Waals surface area (Å²) in [7, 11) is 0. The maximum Gasteiger partial charge on any atom is 0.123 e. The van der Waals surface area contributed by atoms with Crippen molar-refractivity contribution in [3.63, 3.8) is 0 Å². The standard InChI is InChI=1S/C7H10O/c8-4-6-3-7(6)5-1-2-5/h4-7H,1-3H2/t6-,7-/m0/s1. The van der Waals surface area contributed by atoms with Crippen molar-refractivity contribution in [3.8, 4) is 0 Å². The lowest BCUT2D eigenvalue weighted by Crippen LogP contribution is -1.83. The van der Waals surface area contributed by atoms with Gasteiger partial charge < -0.3 is 4.79 Å². The van der Waals surface area contributed by atoms with Gasteiger partial charge in [-0.15, -0.1) is 0 Å². The molecular weight excluding hydrogens is 100 g/mol. The Hall–Kier alpha value is -0.330. The van der Waals surface area contributed by atoms with Crippen molar-refractivity contribution in [1.82, 2.24) is 0 Å². The van der Waals surface area contributed by atoms with E-state index in [-0.39, 0.29) is 0 Å². The lowest BCUT2D eigenvalue weighted by molar-refractivity contribution is -0.109. The second-order valence-electron chi connectivity index (χ2n) is 3.04. The number of rotatable bonds is 2. The molecule has 2 aliphatic rings. The van der Waals surface area contributed by atoms with Crippen LogP contribution in [0.1, 0.15) is 19.3 Å². The molecule has 1 heteroatoms. The number of carbonyl (C=O) groups is 1. The van der Waals surface area contributed by atoms with Crippen LogP contribution in [0.5, 0.6) is 0 Å². The van der Waals surface area contributed by atoms with E-state index in [0.29, 0.717) is 5.92 Å². The minimum atomic E-state index is 0.475. The summed E-state index contributed by atoms with van der Waals surface area (Å²) in [6.07, 6.45) is 5.13. The van der Waals surface area contributed by atoms with Crippen LogP contribution in [0.3, 0.4) is 0 Å². The molecule has 0 N–H and O–H groups in total. The molecule has 0 unspecified atom stereocenters. The van der Waals surface area contributed by atoms with Gasteiger partial charge in [0.2, 0.25) is 0 Å². The van der Waals surface area contributed by atoms with Gasteiger partial charge in [0, 0.05) is 5.92 Å². The van der Waals surface area contributed by atoms with Gasteiger partial charge in [0.25, 0.3) is 0 Å². The zero-order valence-electron chi connectivity index (χ0n) is 4.84. The first kappa shape index (κ1) is 4.54. The van der Waals surface area contributed by atoms with Crippen LogP contribution in [-0.2, 0) is 4.79 Å². The van der Waals surface area contributed by atoms with E-state index in [1.807, 2.05) is 0 Å². The van der Waals surface area contributed by atoms with Crippen molar-refractivity contribution in [1.29, 1.82) is 0 Å². The molecule has 8 heavy (non-hydrogen) atoms. The lowest BCUT2D eigenvalue weighted by atomic mass is 10.2. The Balaban J connectivity index is 1.86. The fraction of sp³-hybridized carbons (Fsp3) is 0.857. The summed E-state index contributed by atoms with van der Waals surface area (Å²) in [6, 6.07) is 0. The monoisotopic (exact) mass is 110 g/mol. The Bertz CT molecular complexity index is 116. The third kappa shape index (κ3) is 0.575. The van der Waals surface area contributed by atoms with Crippen LogP contribution < -0.4 is 0 Å². The first-order chi connectivity index (χ1) is 3.92. The molecule has 0 aromatic heterocycles.